The van der Waals surface area contributed by atoms with Crippen LogP contribution in [0.4, 0.5) is 0 Å². The Bertz CT molecular complexity index is 528. The fourth-order valence-corrected chi connectivity index (χ4v) is 2.47. The van der Waals surface area contributed by atoms with E-state index in [1.54, 1.807) is 0 Å². The van der Waals surface area contributed by atoms with Crippen molar-refractivity contribution in [3.63, 3.8) is 0 Å². The molecular weight excluding hydrogens is 232 g/mol. The summed E-state index contributed by atoms with van der Waals surface area (Å²) in [5.74, 6) is 0. The second-order valence-corrected chi connectivity index (χ2v) is 4.75. The van der Waals surface area contributed by atoms with E-state index in [1.807, 2.05) is 12.3 Å². The molecule has 0 fully saturated rings. The van der Waals surface area contributed by atoms with Crippen LogP contribution in [0.5, 0.6) is 0 Å². The fourth-order valence-electron chi connectivity index (χ4n) is 2.47. The normalized spacial score (nSPS) is 12.5. The van der Waals surface area contributed by atoms with E-state index in [0.717, 1.165) is 25.8 Å². The molecule has 1 aromatic heterocycles. The van der Waals surface area contributed by atoms with Crippen LogP contribution in [0.15, 0.2) is 49.2 Å². The van der Waals surface area contributed by atoms with Crippen molar-refractivity contribution in [3.8, 4) is 0 Å². The van der Waals surface area contributed by atoms with Gasteiger partial charge in [-0.05, 0) is 37.3 Å². The number of rotatable bonds is 7. The van der Waals surface area contributed by atoms with Gasteiger partial charge in [0, 0.05) is 11.6 Å². The Kier molecular flexibility index (Phi) is 5.10. The largest absolute Gasteiger partial charge is 0.309 e. The maximum Gasteiger partial charge on any atom is 0.0651 e. The summed E-state index contributed by atoms with van der Waals surface area (Å²) in [6, 6.07) is 10.9. The lowest BCUT2D eigenvalue weighted by Crippen LogP contribution is -2.22. The first-order valence-corrected chi connectivity index (χ1v) is 7.04. The minimum atomic E-state index is 0.330. The van der Waals surface area contributed by atoms with E-state index in [2.05, 4.69) is 54.1 Å². The van der Waals surface area contributed by atoms with Crippen molar-refractivity contribution in [2.24, 2.45) is 0 Å². The van der Waals surface area contributed by atoms with Crippen molar-refractivity contribution in [1.82, 2.24) is 10.3 Å². The summed E-state index contributed by atoms with van der Waals surface area (Å²) in [4.78, 5) is 4.62. The SMILES string of the molecule is C=CCCCC(NCC)c1nccc2ccccc12. The van der Waals surface area contributed by atoms with Gasteiger partial charge in [-0.2, -0.15) is 0 Å². The molecule has 2 aromatic rings. The van der Waals surface area contributed by atoms with Crippen LogP contribution >= 0.6 is 0 Å². The first-order valence-electron chi connectivity index (χ1n) is 7.04. The number of nitrogens with zero attached hydrogens (tertiary/aromatic N) is 1. The molecule has 0 aliphatic rings. The molecular formula is C17H22N2. The summed E-state index contributed by atoms with van der Waals surface area (Å²) < 4.78 is 0. The lowest BCUT2D eigenvalue weighted by Gasteiger charge is -2.18. The molecule has 0 saturated heterocycles. The molecule has 1 unspecified atom stereocenters. The zero-order valence-electron chi connectivity index (χ0n) is 11.6. The van der Waals surface area contributed by atoms with Gasteiger partial charge in [-0.1, -0.05) is 37.3 Å². The smallest absolute Gasteiger partial charge is 0.0651 e. The molecule has 2 rings (SSSR count). The molecule has 0 spiro atoms. The number of allylic oxidation sites excluding steroid dienone is 1. The summed E-state index contributed by atoms with van der Waals surface area (Å²) >= 11 is 0. The van der Waals surface area contributed by atoms with E-state index in [0.29, 0.717) is 6.04 Å². The number of benzene rings is 1. The number of hydrogen-bond donors (Lipinski definition) is 1. The lowest BCUT2D eigenvalue weighted by atomic mass is 10.0. The third kappa shape index (κ3) is 3.42. The molecule has 0 aliphatic carbocycles. The average Bonchev–Trinajstić information content (AvgIpc) is 2.46. The summed E-state index contributed by atoms with van der Waals surface area (Å²) in [5, 5.41) is 6.08. The van der Waals surface area contributed by atoms with Crippen LogP contribution in [0, 0.1) is 0 Å². The number of pyridine rings is 1. The maximum absolute atomic E-state index is 4.62. The van der Waals surface area contributed by atoms with Gasteiger partial charge < -0.3 is 5.32 Å². The van der Waals surface area contributed by atoms with Crippen molar-refractivity contribution in [2.45, 2.75) is 32.2 Å². The molecule has 2 nitrogen and oxygen atoms in total. The zero-order chi connectivity index (χ0) is 13.5. The van der Waals surface area contributed by atoms with Gasteiger partial charge in [0.25, 0.3) is 0 Å². The van der Waals surface area contributed by atoms with Gasteiger partial charge in [-0.15, -0.1) is 6.58 Å². The van der Waals surface area contributed by atoms with E-state index >= 15 is 0 Å². The second kappa shape index (κ2) is 7.05. The van der Waals surface area contributed by atoms with Gasteiger partial charge in [-0.3, -0.25) is 4.98 Å². The van der Waals surface area contributed by atoms with Gasteiger partial charge in [0.15, 0.2) is 0 Å². The molecule has 100 valence electrons. The molecule has 1 atom stereocenters. The van der Waals surface area contributed by atoms with Crippen LogP contribution in [0.3, 0.4) is 0 Å². The molecule has 0 amide bonds. The average molecular weight is 254 g/mol. The minimum absolute atomic E-state index is 0.330. The van der Waals surface area contributed by atoms with Gasteiger partial charge >= 0.3 is 0 Å². The van der Waals surface area contributed by atoms with Crippen molar-refractivity contribution in [2.75, 3.05) is 6.54 Å². The van der Waals surface area contributed by atoms with Crippen LogP contribution in [-0.4, -0.2) is 11.5 Å². The first-order chi connectivity index (χ1) is 9.36. The van der Waals surface area contributed by atoms with Gasteiger partial charge in [0.2, 0.25) is 0 Å². The van der Waals surface area contributed by atoms with Crippen molar-refractivity contribution < 1.29 is 0 Å². The van der Waals surface area contributed by atoms with Gasteiger partial charge in [0.1, 0.15) is 0 Å². The van der Waals surface area contributed by atoms with Crippen molar-refractivity contribution in [3.05, 3.63) is 54.9 Å². The second-order valence-electron chi connectivity index (χ2n) is 4.75. The van der Waals surface area contributed by atoms with Gasteiger partial charge in [-0.25, -0.2) is 0 Å². The summed E-state index contributed by atoms with van der Waals surface area (Å²) in [7, 11) is 0. The number of aromatic nitrogens is 1. The molecule has 0 aliphatic heterocycles. The van der Waals surface area contributed by atoms with E-state index in [9.17, 15) is 0 Å². The molecule has 0 bridgehead atoms. The number of fused-ring (bicyclic) bond motifs is 1. The molecule has 2 heteroatoms. The molecule has 0 saturated carbocycles. The molecule has 0 radical (unpaired) electrons. The minimum Gasteiger partial charge on any atom is -0.309 e. The van der Waals surface area contributed by atoms with E-state index in [4.69, 9.17) is 0 Å². The predicted octanol–water partition coefficient (Wildman–Crippen LogP) is 4.24. The Labute approximate surface area is 115 Å². The van der Waals surface area contributed by atoms with E-state index in [-0.39, 0.29) is 0 Å². The summed E-state index contributed by atoms with van der Waals surface area (Å²) in [6.07, 6.45) is 7.20. The van der Waals surface area contributed by atoms with Crippen LogP contribution < -0.4 is 5.32 Å². The molecule has 19 heavy (non-hydrogen) atoms. The Morgan fingerprint density at radius 3 is 2.95 bits per heavy atom. The number of unbranched alkanes of at least 4 members (excludes halogenated alkanes) is 1. The lowest BCUT2D eigenvalue weighted by molar-refractivity contribution is 0.493. The van der Waals surface area contributed by atoms with Gasteiger partial charge in [0.05, 0.1) is 11.7 Å². The number of hydrogen-bond acceptors (Lipinski definition) is 2. The summed E-state index contributed by atoms with van der Waals surface area (Å²) in [5.41, 5.74) is 1.17. The van der Waals surface area contributed by atoms with E-state index < -0.39 is 0 Å². The standard InChI is InChI=1S/C17H22N2/c1-3-5-6-11-16(18-4-2)17-15-10-8-7-9-14(15)12-13-19-17/h3,7-10,12-13,16,18H,1,4-6,11H2,2H3. The first kappa shape index (κ1) is 13.8. The van der Waals surface area contributed by atoms with E-state index in [1.165, 1.54) is 16.5 Å². The highest BCUT2D eigenvalue weighted by molar-refractivity contribution is 5.84. The van der Waals surface area contributed by atoms with Crippen LogP contribution in [0.25, 0.3) is 10.8 Å². The Morgan fingerprint density at radius 1 is 1.32 bits per heavy atom. The highest BCUT2D eigenvalue weighted by atomic mass is 14.9. The predicted molar refractivity (Wildman–Crippen MR) is 82.2 cm³/mol. The van der Waals surface area contributed by atoms with Crippen LogP contribution in [-0.2, 0) is 0 Å². The molecule has 1 N–H and O–H groups in total. The molecule has 1 aromatic carbocycles. The van der Waals surface area contributed by atoms with Crippen LogP contribution in [0.2, 0.25) is 0 Å². The molecule has 1 heterocycles. The van der Waals surface area contributed by atoms with Crippen molar-refractivity contribution in [1.29, 1.82) is 0 Å². The Morgan fingerprint density at radius 2 is 2.16 bits per heavy atom. The zero-order valence-corrected chi connectivity index (χ0v) is 11.6. The number of nitrogens with one attached hydrogen (secondary N) is 1. The third-order valence-corrected chi connectivity index (χ3v) is 3.39. The Balaban J connectivity index is 2.29. The fraction of sp³-hybridized carbons (Fsp3) is 0.353. The highest BCUT2D eigenvalue weighted by Gasteiger charge is 2.14. The topological polar surface area (TPSA) is 24.9 Å². The van der Waals surface area contributed by atoms with Crippen molar-refractivity contribution >= 4 is 10.8 Å². The monoisotopic (exact) mass is 254 g/mol. The third-order valence-electron chi connectivity index (χ3n) is 3.39. The Hall–Kier alpha value is -1.67. The maximum atomic E-state index is 4.62. The van der Waals surface area contributed by atoms with Crippen LogP contribution in [0.1, 0.15) is 37.9 Å². The summed E-state index contributed by atoms with van der Waals surface area (Å²) in [6.45, 7) is 6.90. The quantitative estimate of drug-likeness (QED) is 0.590. The highest BCUT2D eigenvalue weighted by Crippen LogP contribution is 2.25.